The van der Waals surface area contributed by atoms with E-state index in [1.54, 1.807) is 24.2 Å². The Morgan fingerprint density at radius 1 is 1.40 bits per heavy atom. The lowest BCUT2D eigenvalue weighted by atomic mass is 10.2. The fourth-order valence-electron chi connectivity index (χ4n) is 1.26. The van der Waals surface area contributed by atoms with Gasteiger partial charge in [0, 0.05) is 18.3 Å². The Morgan fingerprint density at radius 3 is 2.93 bits per heavy atom. The standard InChI is InChI=1S/C10H12N4O/c1-3-14-7-10(12-13-14)8-4-9(15-2)6-11-5-8/h4-7H,3H2,1-2H3. The first kappa shape index (κ1) is 9.64. The zero-order valence-electron chi connectivity index (χ0n) is 8.71. The second-order valence-corrected chi connectivity index (χ2v) is 3.07. The highest BCUT2D eigenvalue weighted by atomic mass is 16.5. The van der Waals surface area contributed by atoms with Crippen LogP contribution < -0.4 is 4.74 Å². The second kappa shape index (κ2) is 4.08. The van der Waals surface area contributed by atoms with E-state index >= 15 is 0 Å². The molecule has 0 amide bonds. The molecule has 15 heavy (non-hydrogen) atoms. The van der Waals surface area contributed by atoms with Gasteiger partial charge in [-0.1, -0.05) is 5.21 Å². The summed E-state index contributed by atoms with van der Waals surface area (Å²) in [6.45, 7) is 2.83. The number of rotatable bonds is 3. The van der Waals surface area contributed by atoms with Crippen LogP contribution in [0.4, 0.5) is 0 Å². The van der Waals surface area contributed by atoms with Crippen LogP contribution in [-0.4, -0.2) is 27.1 Å². The molecule has 2 aromatic heterocycles. The first-order chi connectivity index (χ1) is 7.33. The molecule has 0 spiro atoms. The maximum absolute atomic E-state index is 5.09. The molecule has 0 unspecified atom stereocenters. The molecule has 0 radical (unpaired) electrons. The molecule has 0 fully saturated rings. The molecule has 0 bridgehead atoms. The number of hydrogen-bond donors (Lipinski definition) is 0. The molecule has 2 rings (SSSR count). The lowest BCUT2D eigenvalue weighted by molar-refractivity contribution is 0.413. The number of pyridine rings is 1. The van der Waals surface area contributed by atoms with Gasteiger partial charge in [0.25, 0.3) is 0 Å². The molecule has 0 aliphatic heterocycles. The summed E-state index contributed by atoms with van der Waals surface area (Å²) in [5, 5.41) is 8.01. The molecule has 0 atom stereocenters. The molecule has 0 aliphatic rings. The van der Waals surface area contributed by atoms with E-state index in [2.05, 4.69) is 15.3 Å². The van der Waals surface area contributed by atoms with E-state index in [1.165, 1.54) is 0 Å². The van der Waals surface area contributed by atoms with Crippen LogP contribution in [0.15, 0.2) is 24.7 Å². The number of nitrogens with zero attached hydrogens (tertiary/aromatic N) is 4. The first-order valence-electron chi connectivity index (χ1n) is 4.73. The summed E-state index contributed by atoms with van der Waals surface area (Å²) >= 11 is 0. The lowest BCUT2D eigenvalue weighted by Crippen LogP contribution is -1.93. The van der Waals surface area contributed by atoms with Crippen molar-refractivity contribution in [3.63, 3.8) is 0 Å². The minimum Gasteiger partial charge on any atom is -0.495 e. The van der Waals surface area contributed by atoms with E-state index in [0.29, 0.717) is 0 Å². The van der Waals surface area contributed by atoms with Gasteiger partial charge in [-0.15, -0.1) is 5.10 Å². The molecular weight excluding hydrogens is 192 g/mol. The highest BCUT2D eigenvalue weighted by Gasteiger charge is 2.04. The number of hydrogen-bond acceptors (Lipinski definition) is 4. The molecule has 0 saturated heterocycles. The molecule has 0 N–H and O–H groups in total. The summed E-state index contributed by atoms with van der Waals surface area (Å²) < 4.78 is 6.86. The minimum absolute atomic E-state index is 0.721. The Kier molecular flexibility index (Phi) is 2.62. The number of methoxy groups -OCH3 is 1. The van der Waals surface area contributed by atoms with Crippen LogP contribution in [0.5, 0.6) is 5.75 Å². The van der Waals surface area contributed by atoms with Gasteiger partial charge in [0.2, 0.25) is 0 Å². The van der Waals surface area contributed by atoms with Crippen LogP contribution >= 0.6 is 0 Å². The third kappa shape index (κ3) is 1.96. The molecule has 5 heteroatoms. The molecule has 0 saturated carbocycles. The molecule has 0 aromatic carbocycles. The summed E-state index contributed by atoms with van der Waals surface area (Å²) in [6, 6.07) is 1.89. The smallest absolute Gasteiger partial charge is 0.137 e. The summed E-state index contributed by atoms with van der Waals surface area (Å²) in [4.78, 5) is 4.06. The Balaban J connectivity index is 2.35. The Hall–Kier alpha value is -1.91. The average molecular weight is 204 g/mol. The second-order valence-electron chi connectivity index (χ2n) is 3.07. The summed E-state index contributed by atoms with van der Waals surface area (Å²) in [6.07, 6.45) is 5.29. The average Bonchev–Trinajstić information content (AvgIpc) is 2.78. The molecule has 2 heterocycles. The summed E-state index contributed by atoms with van der Waals surface area (Å²) in [5.74, 6) is 0.721. The van der Waals surface area contributed by atoms with Crippen LogP contribution in [0.1, 0.15) is 6.92 Å². The van der Waals surface area contributed by atoms with E-state index in [-0.39, 0.29) is 0 Å². The van der Waals surface area contributed by atoms with Crippen LogP contribution in [0.3, 0.4) is 0 Å². The largest absolute Gasteiger partial charge is 0.495 e. The normalized spacial score (nSPS) is 10.3. The SMILES string of the molecule is CCn1cc(-c2cncc(OC)c2)nn1. The van der Waals surface area contributed by atoms with Crippen molar-refractivity contribution in [1.29, 1.82) is 0 Å². The van der Waals surface area contributed by atoms with E-state index in [1.807, 2.05) is 19.2 Å². The maximum atomic E-state index is 5.09. The monoisotopic (exact) mass is 204 g/mol. The maximum Gasteiger partial charge on any atom is 0.137 e. The zero-order valence-corrected chi connectivity index (χ0v) is 8.71. The van der Waals surface area contributed by atoms with E-state index in [0.717, 1.165) is 23.6 Å². The highest BCUT2D eigenvalue weighted by molar-refractivity contribution is 5.58. The van der Waals surface area contributed by atoms with Gasteiger partial charge in [0.05, 0.1) is 19.5 Å². The lowest BCUT2D eigenvalue weighted by Gasteiger charge is -1.99. The van der Waals surface area contributed by atoms with Crippen molar-refractivity contribution in [3.05, 3.63) is 24.7 Å². The topological polar surface area (TPSA) is 52.8 Å². The predicted octanol–water partition coefficient (Wildman–Crippen LogP) is 1.37. The van der Waals surface area contributed by atoms with Gasteiger partial charge in [0.1, 0.15) is 11.4 Å². The van der Waals surface area contributed by atoms with Crippen molar-refractivity contribution in [2.24, 2.45) is 0 Å². The Labute approximate surface area is 87.7 Å². The Bertz CT molecular complexity index is 452. The van der Waals surface area contributed by atoms with E-state index in [4.69, 9.17) is 4.74 Å². The third-order valence-electron chi connectivity index (χ3n) is 2.11. The van der Waals surface area contributed by atoms with E-state index in [9.17, 15) is 0 Å². The molecular formula is C10H12N4O. The van der Waals surface area contributed by atoms with Gasteiger partial charge in [0.15, 0.2) is 0 Å². The third-order valence-corrected chi connectivity index (χ3v) is 2.11. The van der Waals surface area contributed by atoms with Crippen molar-refractivity contribution in [3.8, 4) is 17.0 Å². The van der Waals surface area contributed by atoms with Gasteiger partial charge in [-0.3, -0.25) is 9.67 Å². The zero-order chi connectivity index (χ0) is 10.7. The molecule has 0 aliphatic carbocycles. The molecule has 5 nitrogen and oxygen atoms in total. The molecule has 78 valence electrons. The van der Waals surface area contributed by atoms with Crippen molar-refractivity contribution >= 4 is 0 Å². The minimum atomic E-state index is 0.721. The van der Waals surface area contributed by atoms with Gasteiger partial charge >= 0.3 is 0 Å². The fraction of sp³-hybridized carbons (Fsp3) is 0.300. The van der Waals surface area contributed by atoms with Crippen molar-refractivity contribution < 1.29 is 4.74 Å². The highest BCUT2D eigenvalue weighted by Crippen LogP contribution is 2.19. The van der Waals surface area contributed by atoms with Crippen LogP contribution in [0, 0.1) is 0 Å². The van der Waals surface area contributed by atoms with Crippen LogP contribution in [0.2, 0.25) is 0 Å². The quantitative estimate of drug-likeness (QED) is 0.757. The van der Waals surface area contributed by atoms with E-state index < -0.39 is 0 Å². The predicted molar refractivity (Wildman–Crippen MR) is 55.5 cm³/mol. The molecule has 2 aromatic rings. The van der Waals surface area contributed by atoms with Gasteiger partial charge in [-0.25, -0.2) is 0 Å². The fourth-order valence-corrected chi connectivity index (χ4v) is 1.26. The number of aromatic nitrogens is 4. The summed E-state index contributed by atoms with van der Waals surface area (Å²) in [5.41, 5.74) is 1.72. The first-order valence-corrected chi connectivity index (χ1v) is 4.73. The van der Waals surface area contributed by atoms with Gasteiger partial charge in [-0.05, 0) is 13.0 Å². The number of ether oxygens (including phenoxy) is 1. The van der Waals surface area contributed by atoms with Gasteiger partial charge in [-0.2, -0.15) is 0 Å². The van der Waals surface area contributed by atoms with Crippen molar-refractivity contribution in [2.75, 3.05) is 7.11 Å². The van der Waals surface area contributed by atoms with Gasteiger partial charge < -0.3 is 4.74 Å². The summed E-state index contributed by atoms with van der Waals surface area (Å²) in [7, 11) is 1.61. The van der Waals surface area contributed by atoms with Crippen molar-refractivity contribution in [1.82, 2.24) is 20.0 Å². The van der Waals surface area contributed by atoms with Crippen molar-refractivity contribution in [2.45, 2.75) is 13.5 Å². The van der Waals surface area contributed by atoms with Crippen LogP contribution in [-0.2, 0) is 6.54 Å². The van der Waals surface area contributed by atoms with Crippen LogP contribution in [0.25, 0.3) is 11.3 Å². The Morgan fingerprint density at radius 2 is 2.27 bits per heavy atom. The number of aryl methyl sites for hydroxylation is 1.